The number of fused-ring (bicyclic) bond motifs is 1. The number of carbonyl (C=O) groups is 1. The number of hydrogen-bond acceptors (Lipinski definition) is 6. The largest absolute Gasteiger partial charge is 0.355 e. The summed E-state index contributed by atoms with van der Waals surface area (Å²) in [4.78, 5) is 27.5. The molecule has 6 nitrogen and oxygen atoms in total. The number of thiophene rings is 1. The number of nitrogens with one attached hydrogen (secondary N) is 1. The lowest BCUT2D eigenvalue weighted by Crippen LogP contribution is -2.50. The number of halogens is 1. The van der Waals surface area contributed by atoms with Crippen molar-refractivity contribution in [3.63, 3.8) is 0 Å². The Morgan fingerprint density at radius 2 is 1.97 bits per heavy atom. The van der Waals surface area contributed by atoms with Gasteiger partial charge in [0.25, 0.3) is 0 Å². The van der Waals surface area contributed by atoms with Gasteiger partial charge in [0.05, 0.1) is 11.3 Å². The minimum Gasteiger partial charge on any atom is -0.355 e. The molecule has 1 N–H and O–H groups in total. The molecule has 0 aromatic carbocycles. The summed E-state index contributed by atoms with van der Waals surface area (Å²) >= 11 is 1.65. The molecule has 3 fully saturated rings. The predicted octanol–water partition coefficient (Wildman–Crippen LogP) is 3.32. The molecule has 2 aromatic heterocycles. The standard InChI is InChI=1S/C21H29N5OS.ClH/c27-21(25-9-5-17(6-10-25)22-12-15-3-4-15)16-2-1-8-26(13-16)19-18-7-11-28-20(18)24-14-23-19;/h7,11,14-17,22H,1-6,8-10,12-13H2;1H. The van der Waals surface area contributed by atoms with Crippen LogP contribution in [0.5, 0.6) is 0 Å². The Bertz CT molecular complexity index is 833. The van der Waals surface area contributed by atoms with Crippen molar-refractivity contribution in [2.75, 3.05) is 37.6 Å². The molecular weight excluding hydrogens is 406 g/mol. The van der Waals surface area contributed by atoms with Gasteiger partial charge in [-0.15, -0.1) is 23.7 Å². The summed E-state index contributed by atoms with van der Waals surface area (Å²) in [6, 6.07) is 2.69. The maximum Gasteiger partial charge on any atom is 0.227 e. The van der Waals surface area contributed by atoms with Crippen molar-refractivity contribution in [2.24, 2.45) is 11.8 Å². The summed E-state index contributed by atoms with van der Waals surface area (Å²) in [5, 5.41) is 6.89. The number of piperidine rings is 2. The molecule has 1 unspecified atom stereocenters. The van der Waals surface area contributed by atoms with Gasteiger partial charge in [-0.2, -0.15) is 0 Å². The van der Waals surface area contributed by atoms with Gasteiger partial charge in [0, 0.05) is 32.2 Å². The van der Waals surface area contributed by atoms with Crippen molar-refractivity contribution in [3.8, 4) is 0 Å². The van der Waals surface area contributed by atoms with Crippen molar-refractivity contribution >= 4 is 45.7 Å². The molecule has 2 aromatic rings. The maximum absolute atomic E-state index is 13.2. The fourth-order valence-corrected chi connectivity index (χ4v) is 5.34. The van der Waals surface area contributed by atoms with Crippen LogP contribution in [0.2, 0.25) is 0 Å². The minimum absolute atomic E-state index is 0. The quantitative estimate of drug-likeness (QED) is 0.780. The van der Waals surface area contributed by atoms with Crippen molar-refractivity contribution < 1.29 is 4.79 Å². The van der Waals surface area contributed by atoms with Crippen LogP contribution in [0, 0.1) is 11.8 Å². The van der Waals surface area contributed by atoms with Gasteiger partial charge in [-0.3, -0.25) is 4.79 Å². The van der Waals surface area contributed by atoms with Crippen molar-refractivity contribution in [1.82, 2.24) is 20.2 Å². The highest BCUT2D eigenvalue weighted by Crippen LogP contribution is 2.31. The molecule has 1 aliphatic carbocycles. The van der Waals surface area contributed by atoms with Crippen LogP contribution in [0.1, 0.15) is 38.5 Å². The highest BCUT2D eigenvalue weighted by Gasteiger charge is 2.32. The van der Waals surface area contributed by atoms with Gasteiger partial charge < -0.3 is 15.1 Å². The van der Waals surface area contributed by atoms with Gasteiger partial charge >= 0.3 is 0 Å². The van der Waals surface area contributed by atoms with E-state index in [0.717, 1.165) is 73.8 Å². The summed E-state index contributed by atoms with van der Waals surface area (Å²) in [5.74, 6) is 2.35. The van der Waals surface area contributed by atoms with Crippen LogP contribution in [-0.4, -0.2) is 59.5 Å². The molecule has 0 radical (unpaired) electrons. The molecule has 0 bridgehead atoms. The van der Waals surface area contributed by atoms with E-state index in [4.69, 9.17) is 0 Å². The third kappa shape index (κ3) is 4.67. The van der Waals surface area contributed by atoms with E-state index in [-0.39, 0.29) is 18.3 Å². The molecule has 3 aliphatic rings. The first kappa shape index (κ1) is 20.8. The summed E-state index contributed by atoms with van der Waals surface area (Å²) in [7, 11) is 0. The highest BCUT2D eigenvalue weighted by atomic mass is 35.5. The average molecular weight is 436 g/mol. The van der Waals surface area contributed by atoms with Gasteiger partial charge in [-0.05, 0) is 62.4 Å². The Morgan fingerprint density at radius 3 is 2.76 bits per heavy atom. The van der Waals surface area contributed by atoms with E-state index in [0.29, 0.717) is 11.9 Å². The number of carbonyl (C=O) groups excluding carboxylic acids is 1. The molecule has 2 saturated heterocycles. The average Bonchev–Trinajstić information content (AvgIpc) is 3.46. The lowest BCUT2D eigenvalue weighted by molar-refractivity contribution is -0.137. The van der Waals surface area contributed by atoms with Crippen LogP contribution in [0.15, 0.2) is 17.8 Å². The number of anilines is 1. The SMILES string of the molecule is Cl.O=C(C1CCCN(c2ncnc3sccc23)C1)N1CCC(NCC2CC2)CC1. The fraction of sp³-hybridized carbons (Fsp3) is 0.667. The van der Waals surface area contributed by atoms with Gasteiger partial charge in [0.1, 0.15) is 17.0 Å². The Balaban J connectivity index is 0.00000205. The minimum atomic E-state index is 0. The van der Waals surface area contributed by atoms with Gasteiger partial charge in [-0.25, -0.2) is 9.97 Å². The highest BCUT2D eigenvalue weighted by molar-refractivity contribution is 7.16. The van der Waals surface area contributed by atoms with Crippen molar-refractivity contribution in [3.05, 3.63) is 17.8 Å². The zero-order chi connectivity index (χ0) is 18.9. The molecule has 2 aliphatic heterocycles. The van der Waals surface area contributed by atoms with E-state index in [2.05, 4.69) is 36.5 Å². The number of aromatic nitrogens is 2. The number of rotatable bonds is 5. The third-order valence-corrected chi connectivity index (χ3v) is 7.33. The molecule has 1 atom stereocenters. The second-order valence-electron chi connectivity index (χ2n) is 8.57. The molecule has 5 rings (SSSR count). The van der Waals surface area contributed by atoms with Crippen molar-refractivity contribution in [1.29, 1.82) is 0 Å². The van der Waals surface area contributed by atoms with Crippen LogP contribution < -0.4 is 10.2 Å². The van der Waals surface area contributed by atoms with Crippen LogP contribution in [-0.2, 0) is 4.79 Å². The number of likely N-dealkylation sites (tertiary alicyclic amines) is 1. The maximum atomic E-state index is 13.2. The van der Waals surface area contributed by atoms with Gasteiger partial charge in [0.2, 0.25) is 5.91 Å². The Kier molecular flexibility index (Phi) is 6.56. The lowest BCUT2D eigenvalue weighted by atomic mass is 9.94. The van der Waals surface area contributed by atoms with Crippen LogP contribution in [0.4, 0.5) is 5.82 Å². The summed E-state index contributed by atoms with van der Waals surface area (Å²) in [5.41, 5.74) is 0. The number of nitrogens with zero attached hydrogens (tertiary/aromatic N) is 4. The first-order chi connectivity index (χ1) is 13.8. The zero-order valence-electron chi connectivity index (χ0n) is 16.8. The van der Waals surface area contributed by atoms with E-state index >= 15 is 0 Å². The summed E-state index contributed by atoms with van der Waals surface area (Å²) in [6.07, 6.45) is 8.67. The second-order valence-corrected chi connectivity index (χ2v) is 9.47. The first-order valence-electron chi connectivity index (χ1n) is 10.7. The molecule has 0 spiro atoms. The monoisotopic (exact) mass is 435 g/mol. The summed E-state index contributed by atoms with van der Waals surface area (Å²) < 4.78 is 0. The van der Waals surface area contributed by atoms with E-state index in [9.17, 15) is 4.79 Å². The molecular formula is C21H30ClN5OS. The summed E-state index contributed by atoms with van der Waals surface area (Å²) in [6.45, 7) is 4.73. The smallest absolute Gasteiger partial charge is 0.227 e. The second kappa shape index (κ2) is 9.14. The topological polar surface area (TPSA) is 61.4 Å². The molecule has 29 heavy (non-hydrogen) atoms. The van der Waals surface area contributed by atoms with E-state index in [1.807, 2.05) is 0 Å². The van der Waals surface area contributed by atoms with E-state index < -0.39 is 0 Å². The number of amides is 1. The van der Waals surface area contributed by atoms with Crippen LogP contribution in [0.25, 0.3) is 10.2 Å². The van der Waals surface area contributed by atoms with Gasteiger partial charge in [0.15, 0.2) is 0 Å². The van der Waals surface area contributed by atoms with Crippen LogP contribution >= 0.6 is 23.7 Å². The molecule has 1 amide bonds. The van der Waals surface area contributed by atoms with Crippen LogP contribution in [0.3, 0.4) is 0 Å². The van der Waals surface area contributed by atoms with E-state index in [1.165, 1.54) is 19.4 Å². The first-order valence-corrected chi connectivity index (χ1v) is 11.6. The Hall–Kier alpha value is -1.44. The fourth-order valence-electron chi connectivity index (χ4n) is 4.62. The van der Waals surface area contributed by atoms with E-state index in [1.54, 1.807) is 17.7 Å². The molecule has 8 heteroatoms. The molecule has 4 heterocycles. The normalized spacial score (nSPS) is 23.2. The third-order valence-electron chi connectivity index (χ3n) is 6.51. The molecule has 1 saturated carbocycles. The van der Waals surface area contributed by atoms with Gasteiger partial charge in [-0.1, -0.05) is 0 Å². The lowest BCUT2D eigenvalue weighted by Gasteiger charge is -2.38. The Labute approximate surface area is 182 Å². The molecule has 158 valence electrons. The zero-order valence-corrected chi connectivity index (χ0v) is 18.4. The Morgan fingerprint density at radius 1 is 1.14 bits per heavy atom. The van der Waals surface area contributed by atoms with Crippen molar-refractivity contribution in [2.45, 2.75) is 44.6 Å². The number of hydrogen-bond donors (Lipinski definition) is 1. The predicted molar refractivity (Wildman–Crippen MR) is 120 cm³/mol.